The third-order valence-electron chi connectivity index (χ3n) is 2.34. The Morgan fingerprint density at radius 1 is 1.16 bits per heavy atom. The minimum absolute atomic E-state index is 0.351. The molecule has 0 fully saturated rings. The first-order valence-corrected chi connectivity index (χ1v) is 6.20. The van der Waals surface area contributed by atoms with Crippen LogP contribution in [0.1, 0.15) is 11.4 Å². The lowest BCUT2D eigenvalue weighted by atomic mass is 10.4. The first kappa shape index (κ1) is 13.8. The van der Waals surface area contributed by atoms with E-state index >= 15 is 0 Å². The van der Waals surface area contributed by atoms with E-state index in [2.05, 4.69) is 25.7 Å². The number of hydrogen-bond acceptors (Lipinski definition) is 6. The highest BCUT2D eigenvalue weighted by molar-refractivity contribution is 6.37. The van der Waals surface area contributed by atoms with Crippen LogP contribution in [0.4, 0.5) is 11.6 Å². The van der Waals surface area contributed by atoms with E-state index in [1.807, 2.05) is 6.92 Å². The zero-order valence-corrected chi connectivity index (χ0v) is 11.6. The van der Waals surface area contributed by atoms with E-state index in [1.165, 1.54) is 0 Å². The van der Waals surface area contributed by atoms with Gasteiger partial charge < -0.3 is 10.7 Å². The first-order valence-electron chi connectivity index (χ1n) is 5.44. The van der Waals surface area contributed by atoms with Crippen molar-refractivity contribution in [1.29, 1.82) is 0 Å². The van der Waals surface area contributed by atoms with Gasteiger partial charge in [-0.15, -0.1) is 0 Å². The van der Waals surface area contributed by atoms with Gasteiger partial charge in [0, 0.05) is 6.20 Å². The minimum atomic E-state index is 0.351. The molecule has 2 rings (SSSR count). The number of aryl methyl sites for hydroxylation is 1. The van der Waals surface area contributed by atoms with Gasteiger partial charge in [-0.2, -0.15) is 0 Å². The lowest BCUT2D eigenvalue weighted by Gasteiger charge is -2.10. The van der Waals surface area contributed by atoms with Crippen molar-refractivity contribution >= 4 is 34.8 Å². The van der Waals surface area contributed by atoms with Gasteiger partial charge in [-0.25, -0.2) is 10.8 Å². The molecule has 100 valence electrons. The maximum Gasteiger partial charge on any atom is 0.161 e. The first-order chi connectivity index (χ1) is 9.10. The number of rotatable bonds is 4. The summed E-state index contributed by atoms with van der Waals surface area (Å²) in [5.74, 6) is 6.13. The number of anilines is 2. The number of halogens is 2. The molecule has 0 radical (unpaired) electrons. The van der Waals surface area contributed by atoms with E-state index in [-0.39, 0.29) is 0 Å². The smallest absolute Gasteiger partial charge is 0.161 e. The maximum atomic E-state index is 6.04. The van der Waals surface area contributed by atoms with E-state index in [9.17, 15) is 0 Å². The van der Waals surface area contributed by atoms with Crippen LogP contribution >= 0.6 is 23.2 Å². The van der Waals surface area contributed by atoms with Crippen molar-refractivity contribution in [2.75, 3.05) is 10.7 Å². The van der Waals surface area contributed by atoms with E-state index in [0.29, 0.717) is 28.2 Å². The van der Waals surface area contributed by atoms with E-state index < -0.39 is 0 Å². The molecule has 2 aromatic heterocycles. The van der Waals surface area contributed by atoms with Gasteiger partial charge in [-0.05, 0) is 13.0 Å². The Morgan fingerprint density at radius 3 is 2.53 bits per heavy atom. The van der Waals surface area contributed by atoms with Gasteiger partial charge in [0.25, 0.3) is 0 Å². The van der Waals surface area contributed by atoms with Crippen molar-refractivity contribution in [3.05, 3.63) is 39.9 Å². The standard InChI is InChI=1S/C11H12Cl2N6/c1-6-3-16-7(4-15-6)5-17-10-8(12)2-9(13)11(18-10)19-14/h2-4H,5,14H2,1H3,(H2,17,18,19). The van der Waals surface area contributed by atoms with Crippen molar-refractivity contribution in [3.63, 3.8) is 0 Å². The van der Waals surface area contributed by atoms with E-state index in [1.54, 1.807) is 18.5 Å². The average molecular weight is 299 g/mol. The molecule has 19 heavy (non-hydrogen) atoms. The van der Waals surface area contributed by atoms with E-state index in [0.717, 1.165) is 11.4 Å². The Kier molecular flexibility index (Phi) is 4.36. The fourth-order valence-electron chi connectivity index (χ4n) is 1.38. The highest BCUT2D eigenvalue weighted by Crippen LogP contribution is 2.28. The molecule has 0 saturated carbocycles. The molecule has 0 spiro atoms. The second-order valence-corrected chi connectivity index (χ2v) is 4.61. The van der Waals surface area contributed by atoms with Gasteiger partial charge >= 0.3 is 0 Å². The molecule has 2 aromatic rings. The number of nitrogens with zero attached hydrogens (tertiary/aromatic N) is 3. The fourth-order valence-corrected chi connectivity index (χ4v) is 1.86. The Bertz CT molecular complexity index is 572. The van der Waals surface area contributed by atoms with Crippen LogP contribution in [0.25, 0.3) is 0 Å². The van der Waals surface area contributed by atoms with Crippen molar-refractivity contribution in [2.24, 2.45) is 5.84 Å². The summed E-state index contributed by atoms with van der Waals surface area (Å²) in [5, 5.41) is 3.81. The molecule has 0 amide bonds. The van der Waals surface area contributed by atoms with E-state index in [4.69, 9.17) is 29.0 Å². The van der Waals surface area contributed by atoms with Gasteiger partial charge in [0.1, 0.15) is 5.82 Å². The molecule has 4 N–H and O–H groups in total. The Hall–Kier alpha value is -1.63. The zero-order valence-electron chi connectivity index (χ0n) is 10.1. The molecule has 2 heterocycles. The molecule has 0 atom stereocenters. The van der Waals surface area contributed by atoms with Gasteiger partial charge in [0.15, 0.2) is 5.82 Å². The predicted molar refractivity (Wildman–Crippen MR) is 76.2 cm³/mol. The molecule has 0 aliphatic rings. The number of nitrogens with two attached hydrogens (primary N) is 1. The van der Waals surface area contributed by atoms with Crippen LogP contribution in [0, 0.1) is 6.92 Å². The van der Waals surface area contributed by atoms with Crippen LogP contribution in [0.5, 0.6) is 0 Å². The summed E-state index contributed by atoms with van der Waals surface area (Å²) in [5.41, 5.74) is 4.04. The largest absolute Gasteiger partial charge is 0.363 e. The Labute approximate surface area is 120 Å². The van der Waals surface area contributed by atoms with Crippen molar-refractivity contribution in [2.45, 2.75) is 13.5 Å². The second-order valence-electron chi connectivity index (χ2n) is 3.80. The lowest BCUT2D eigenvalue weighted by molar-refractivity contribution is 0.976. The number of hydrogen-bond donors (Lipinski definition) is 3. The summed E-state index contributed by atoms with van der Waals surface area (Å²) in [6.07, 6.45) is 3.38. The molecule has 8 heteroatoms. The van der Waals surface area contributed by atoms with Gasteiger partial charge in [-0.3, -0.25) is 9.97 Å². The molecular weight excluding hydrogens is 287 g/mol. The number of aromatic nitrogens is 3. The third-order valence-corrected chi connectivity index (χ3v) is 2.91. The SMILES string of the molecule is Cc1cnc(CNc2nc(NN)c(Cl)cc2Cl)cn1. The van der Waals surface area contributed by atoms with Crippen LogP contribution in [-0.2, 0) is 6.54 Å². The van der Waals surface area contributed by atoms with Crippen LogP contribution in [0.15, 0.2) is 18.5 Å². The Balaban J connectivity index is 2.13. The summed E-state index contributed by atoms with van der Waals surface area (Å²) < 4.78 is 0. The van der Waals surface area contributed by atoms with Crippen LogP contribution < -0.4 is 16.6 Å². The second kappa shape index (κ2) is 6.01. The van der Waals surface area contributed by atoms with Gasteiger partial charge in [0.2, 0.25) is 0 Å². The highest BCUT2D eigenvalue weighted by Gasteiger charge is 2.08. The fraction of sp³-hybridized carbons (Fsp3) is 0.182. The summed E-state index contributed by atoms with van der Waals surface area (Å²) in [7, 11) is 0. The molecule has 0 aliphatic carbocycles. The zero-order chi connectivity index (χ0) is 13.8. The summed E-state index contributed by atoms with van der Waals surface area (Å²) in [4.78, 5) is 12.5. The molecule has 0 aliphatic heterocycles. The molecule has 0 saturated heterocycles. The molecule has 0 unspecified atom stereocenters. The lowest BCUT2D eigenvalue weighted by Crippen LogP contribution is -2.11. The van der Waals surface area contributed by atoms with Crippen LogP contribution in [0.3, 0.4) is 0 Å². The average Bonchev–Trinajstić information content (AvgIpc) is 2.40. The normalized spacial score (nSPS) is 10.3. The van der Waals surface area contributed by atoms with Gasteiger partial charge in [-0.1, -0.05) is 23.2 Å². The number of hydrazine groups is 1. The molecule has 6 nitrogen and oxygen atoms in total. The Morgan fingerprint density at radius 2 is 1.89 bits per heavy atom. The van der Waals surface area contributed by atoms with Crippen molar-refractivity contribution in [3.8, 4) is 0 Å². The maximum absolute atomic E-state index is 6.04. The summed E-state index contributed by atoms with van der Waals surface area (Å²) in [6, 6.07) is 1.56. The van der Waals surface area contributed by atoms with Crippen molar-refractivity contribution < 1.29 is 0 Å². The van der Waals surface area contributed by atoms with Crippen LogP contribution in [0.2, 0.25) is 10.0 Å². The van der Waals surface area contributed by atoms with Crippen LogP contribution in [-0.4, -0.2) is 15.0 Å². The molecule has 0 aromatic carbocycles. The van der Waals surface area contributed by atoms with Gasteiger partial charge in [0.05, 0.1) is 34.2 Å². The number of nitrogens with one attached hydrogen (secondary N) is 2. The highest BCUT2D eigenvalue weighted by atomic mass is 35.5. The quantitative estimate of drug-likeness (QED) is 0.593. The number of pyridine rings is 1. The van der Waals surface area contributed by atoms with Crippen molar-refractivity contribution in [1.82, 2.24) is 15.0 Å². The summed E-state index contributed by atoms with van der Waals surface area (Å²) >= 11 is 11.9. The summed E-state index contributed by atoms with van der Waals surface area (Å²) in [6.45, 7) is 2.33. The molecular formula is C11H12Cl2N6. The monoisotopic (exact) mass is 298 g/mol. The predicted octanol–water partition coefficient (Wildman–Crippen LogP) is 2.38. The third kappa shape index (κ3) is 3.44. The number of nitrogen functional groups attached to an aromatic ring is 1. The topological polar surface area (TPSA) is 88.8 Å². The molecule has 0 bridgehead atoms. The minimum Gasteiger partial charge on any atom is -0.363 e.